The third-order valence-electron chi connectivity index (χ3n) is 3.65. The minimum atomic E-state index is -0.115. The quantitative estimate of drug-likeness (QED) is 0.750. The summed E-state index contributed by atoms with van der Waals surface area (Å²) < 4.78 is 13.7. The van der Waals surface area contributed by atoms with Gasteiger partial charge in [0.25, 0.3) is 0 Å². The van der Waals surface area contributed by atoms with Crippen LogP contribution < -0.4 is 5.32 Å². The Labute approximate surface area is 110 Å². The largest absolute Gasteiger partial charge is 0.317 e. The summed E-state index contributed by atoms with van der Waals surface area (Å²) in [5, 5.41) is 3.32. The third-order valence-corrected chi connectivity index (χ3v) is 3.65. The molecule has 0 amide bonds. The molecule has 2 nitrogen and oxygen atoms in total. The first kappa shape index (κ1) is 15.1. The molecule has 18 heavy (non-hydrogen) atoms. The predicted molar refractivity (Wildman–Crippen MR) is 75.2 cm³/mol. The van der Waals surface area contributed by atoms with E-state index in [1.807, 2.05) is 12.1 Å². The first-order valence-corrected chi connectivity index (χ1v) is 6.75. The minimum absolute atomic E-state index is 0.0998. The molecule has 0 aliphatic carbocycles. The first-order chi connectivity index (χ1) is 8.57. The Bertz CT molecular complexity index is 354. The van der Waals surface area contributed by atoms with Crippen molar-refractivity contribution < 1.29 is 4.39 Å². The van der Waals surface area contributed by atoms with E-state index in [1.54, 1.807) is 6.07 Å². The highest BCUT2D eigenvalue weighted by Crippen LogP contribution is 2.23. The van der Waals surface area contributed by atoms with Crippen molar-refractivity contribution in [3.05, 3.63) is 35.6 Å². The van der Waals surface area contributed by atoms with E-state index in [9.17, 15) is 4.39 Å². The van der Waals surface area contributed by atoms with Gasteiger partial charge in [0.2, 0.25) is 0 Å². The lowest BCUT2D eigenvalue weighted by Crippen LogP contribution is -2.34. The van der Waals surface area contributed by atoms with Crippen molar-refractivity contribution in [2.24, 2.45) is 0 Å². The van der Waals surface area contributed by atoms with E-state index in [0.717, 1.165) is 25.1 Å². The van der Waals surface area contributed by atoms with Crippen molar-refractivity contribution in [3.8, 4) is 0 Å². The Balaban J connectivity index is 2.60. The van der Waals surface area contributed by atoms with Crippen LogP contribution in [0, 0.1) is 5.82 Å². The van der Waals surface area contributed by atoms with E-state index in [-0.39, 0.29) is 11.9 Å². The van der Waals surface area contributed by atoms with Crippen molar-refractivity contribution in [1.82, 2.24) is 10.2 Å². The number of benzene rings is 1. The van der Waals surface area contributed by atoms with Crippen LogP contribution in [0.15, 0.2) is 24.3 Å². The third kappa shape index (κ3) is 4.07. The van der Waals surface area contributed by atoms with Crippen LogP contribution in [0.1, 0.15) is 38.8 Å². The Morgan fingerprint density at radius 1 is 1.28 bits per heavy atom. The standard InChI is InChI=1S/C15H25FN2/c1-5-17-11-10-12(2)18(4)13(3)14-8-6-7-9-15(14)16/h6-9,12-13,17H,5,10-11H2,1-4H3. The fourth-order valence-electron chi connectivity index (χ4n) is 2.11. The zero-order valence-corrected chi connectivity index (χ0v) is 11.9. The SMILES string of the molecule is CCNCCC(C)N(C)C(C)c1ccccc1F. The minimum Gasteiger partial charge on any atom is -0.317 e. The Kier molecular flexibility index (Phi) is 6.30. The van der Waals surface area contributed by atoms with Gasteiger partial charge in [-0.3, -0.25) is 4.90 Å². The molecule has 0 aliphatic rings. The van der Waals surface area contributed by atoms with Crippen molar-refractivity contribution in [1.29, 1.82) is 0 Å². The number of nitrogens with one attached hydrogen (secondary N) is 1. The lowest BCUT2D eigenvalue weighted by atomic mass is 10.0. The van der Waals surface area contributed by atoms with E-state index in [2.05, 4.69) is 38.0 Å². The molecule has 0 aromatic heterocycles. The van der Waals surface area contributed by atoms with Gasteiger partial charge in [-0.15, -0.1) is 0 Å². The average Bonchev–Trinajstić information content (AvgIpc) is 2.38. The van der Waals surface area contributed by atoms with Gasteiger partial charge in [0.1, 0.15) is 5.82 Å². The van der Waals surface area contributed by atoms with Gasteiger partial charge in [-0.05, 0) is 46.5 Å². The van der Waals surface area contributed by atoms with Gasteiger partial charge < -0.3 is 5.32 Å². The van der Waals surface area contributed by atoms with E-state index < -0.39 is 0 Å². The molecule has 0 aliphatic heterocycles. The van der Waals surface area contributed by atoms with Crippen LogP contribution >= 0.6 is 0 Å². The summed E-state index contributed by atoms with van der Waals surface area (Å²) in [5.74, 6) is -0.115. The number of halogens is 1. The molecule has 0 spiro atoms. The highest BCUT2D eigenvalue weighted by Gasteiger charge is 2.19. The van der Waals surface area contributed by atoms with Crippen LogP contribution in [0.5, 0.6) is 0 Å². The molecular formula is C15H25FN2. The monoisotopic (exact) mass is 252 g/mol. The maximum Gasteiger partial charge on any atom is 0.127 e. The first-order valence-electron chi connectivity index (χ1n) is 6.75. The molecule has 1 N–H and O–H groups in total. The fourth-order valence-corrected chi connectivity index (χ4v) is 2.11. The molecule has 0 saturated carbocycles. The highest BCUT2D eigenvalue weighted by atomic mass is 19.1. The van der Waals surface area contributed by atoms with Gasteiger partial charge in [-0.2, -0.15) is 0 Å². The van der Waals surface area contributed by atoms with Gasteiger partial charge in [0.15, 0.2) is 0 Å². The number of hydrogen-bond acceptors (Lipinski definition) is 2. The zero-order chi connectivity index (χ0) is 13.5. The molecule has 2 unspecified atom stereocenters. The van der Waals surface area contributed by atoms with Crippen molar-refractivity contribution >= 4 is 0 Å². The van der Waals surface area contributed by atoms with Gasteiger partial charge >= 0.3 is 0 Å². The van der Waals surface area contributed by atoms with Crippen LogP contribution in [-0.4, -0.2) is 31.1 Å². The van der Waals surface area contributed by atoms with Gasteiger partial charge in [-0.1, -0.05) is 25.1 Å². The second-order valence-electron chi connectivity index (χ2n) is 4.85. The predicted octanol–water partition coefficient (Wildman–Crippen LogP) is 3.21. The van der Waals surface area contributed by atoms with Gasteiger partial charge in [0.05, 0.1) is 0 Å². The van der Waals surface area contributed by atoms with E-state index in [4.69, 9.17) is 0 Å². The lowest BCUT2D eigenvalue weighted by Gasteiger charge is -2.31. The molecule has 3 heteroatoms. The average molecular weight is 252 g/mol. The summed E-state index contributed by atoms with van der Waals surface area (Å²) in [6.45, 7) is 8.36. The number of nitrogens with zero attached hydrogens (tertiary/aromatic N) is 1. The van der Waals surface area contributed by atoms with Crippen LogP contribution in [-0.2, 0) is 0 Å². The Morgan fingerprint density at radius 3 is 2.56 bits per heavy atom. The van der Waals surface area contributed by atoms with Crippen molar-refractivity contribution in [3.63, 3.8) is 0 Å². The molecular weight excluding hydrogens is 227 g/mol. The molecule has 2 atom stereocenters. The summed E-state index contributed by atoms with van der Waals surface area (Å²) >= 11 is 0. The molecule has 0 bridgehead atoms. The van der Waals surface area contributed by atoms with E-state index in [0.29, 0.717) is 6.04 Å². The molecule has 0 heterocycles. The van der Waals surface area contributed by atoms with E-state index >= 15 is 0 Å². The molecule has 0 radical (unpaired) electrons. The zero-order valence-electron chi connectivity index (χ0n) is 11.9. The smallest absolute Gasteiger partial charge is 0.127 e. The lowest BCUT2D eigenvalue weighted by molar-refractivity contribution is 0.185. The van der Waals surface area contributed by atoms with Crippen molar-refractivity contribution in [2.45, 2.75) is 39.3 Å². The Hall–Kier alpha value is -0.930. The van der Waals surface area contributed by atoms with Crippen LogP contribution in [0.3, 0.4) is 0 Å². The summed E-state index contributed by atoms with van der Waals surface area (Å²) in [5.41, 5.74) is 0.773. The topological polar surface area (TPSA) is 15.3 Å². The van der Waals surface area contributed by atoms with Crippen LogP contribution in [0.4, 0.5) is 4.39 Å². The fraction of sp³-hybridized carbons (Fsp3) is 0.600. The summed E-state index contributed by atoms with van der Waals surface area (Å²) in [7, 11) is 2.06. The molecule has 102 valence electrons. The molecule has 1 aromatic carbocycles. The maximum atomic E-state index is 13.7. The van der Waals surface area contributed by atoms with E-state index in [1.165, 1.54) is 6.07 Å². The Morgan fingerprint density at radius 2 is 1.94 bits per heavy atom. The number of hydrogen-bond donors (Lipinski definition) is 1. The number of rotatable bonds is 7. The maximum absolute atomic E-state index is 13.7. The highest BCUT2D eigenvalue weighted by molar-refractivity contribution is 5.20. The van der Waals surface area contributed by atoms with Crippen LogP contribution in [0.2, 0.25) is 0 Å². The molecule has 1 aromatic rings. The summed E-state index contributed by atoms with van der Waals surface area (Å²) in [6.07, 6.45) is 1.07. The van der Waals surface area contributed by atoms with Gasteiger partial charge in [-0.25, -0.2) is 4.39 Å². The second-order valence-corrected chi connectivity index (χ2v) is 4.85. The summed E-state index contributed by atoms with van der Waals surface area (Å²) in [4.78, 5) is 2.23. The summed E-state index contributed by atoms with van der Waals surface area (Å²) in [6, 6.07) is 7.56. The van der Waals surface area contributed by atoms with Gasteiger partial charge in [0, 0.05) is 17.6 Å². The molecule has 0 fully saturated rings. The molecule has 1 rings (SSSR count). The van der Waals surface area contributed by atoms with Crippen molar-refractivity contribution in [2.75, 3.05) is 20.1 Å². The van der Waals surface area contributed by atoms with Crippen LogP contribution in [0.25, 0.3) is 0 Å². The molecule has 0 saturated heterocycles. The normalized spacial score (nSPS) is 14.8. The second kappa shape index (κ2) is 7.49.